The molecule has 1 aromatic rings. The summed E-state index contributed by atoms with van der Waals surface area (Å²) >= 11 is 0. The van der Waals surface area contributed by atoms with Crippen LogP contribution in [0.4, 0.5) is 5.69 Å². The van der Waals surface area contributed by atoms with Crippen molar-refractivity contribution < 1.29 is 4.74 Å². The van der Waals surface area contributed by atoms with E-state index < -0.39 is 0 Å². The van der Waals surface area contributed by atoms with Gasteiger partial charge in [0.2, 0.25) is 0 Å². The molecule has 0 amide bonds. The van der Waals surface area contributed by atoms with Gasteiger partial charge < -0.3 is 24.8 Å². The predicted molar refractivity (Wildman–Crippen MR) is 101 cm³/mol. The summed E-state index contributed by atoms with van der Waals surface area (Å²) in [6.45, 7) is 9.12. The first-order valence-corrected chi connectivity index (χ1v) is 8.71. The maximum atomic E-state index is 5.33. The second-order valence-corrected chi connectivity index (χ2v) is 6.05. The minimum Gasteiger partial charge on any atom is -0.497 e. The number of hydrogen-bond acceptors (Lipinski definition) is 4. The average Bonchev–Trinajstić information content (AvgIpc) is 2.65. The molecule has 1 aromatic carbocycles. The number of guanidine groups is 1. The second kappa shape index (κ2) is 9.37. The van der Waals surface area contributed by atoms with Gasteiger partial charge in [0.1, 0.15) is 5.75 Å². The highest BCUT2D eigenvalue weighted by molar-refractivity contribution is 5.80. The van der Waals surface area contributed by atoms with Crippen LogP contribution in [0.2, 0.25) is 0 Å². The van der Waals surface area contributed by atoms with E-state index in [2.05, 4.69) is 51.1 Å². The quantitative estimate of drug-likeness (QED) is 0.629. The van der Waals surface area contributed by atoms with Crippen LogP contribution in [0.15, 0.2) is 29.3 Å². The third-order valence-corrected chi connectivity index (χ3v) is 4.53. The molecule has 134 valence electrons. The van der Waals surface area contributed by atoms with Crippen molar-refractivity contribution in [2.45, 2.75) is 6.92 Å². The lowest BCUT2D eigenvalue weighted by molar-refractivity contribution is 0.344. The molecule has 1 aliphatic heterocycles. The zero-order chi connectivity index (χ0) is 17.4. The fourth-order valence-electron chi connectivity index (χ4n) is 2.83. The van der Waals surface area contributed by atoms with Gasteiger partial charge in [0.15, 0.2) is 5.96 Å². The number of benzene rings is 1. The van der Waals surface area contributed by atoms with Crippen LogP contribution >= 0.6 is 0 Å². The van der Waals surface area contributed by atoms with Gasteiger partial charge in [0.25, 0.3) is 0 Å². The summed E-state index contributed by atoms with van der Waals surface area (Å²) in [6.07, 6.45) is 0. The summed E-state index contributed by atoms with van der Waals surface area (Å²) < 4.78 is 5.33. The van der Waals surface area contributed by atoms with Crippen LogP contribution in [0.1, 0.15) is 6.92 Å². The zero-order valence-corrected chi connectivity index (χ0v) is 15.5. The largest absolute Gasteiger partial charge is 0.497 e. The van der Waals surface area contributed by atoms with E-state index in [1.165, 1.54) is 5.69 Å². The van der Waals surface area contributed by atoms with Crippen LogP contribution in [0, 0.1) is 0 Å². The molecule has 6 nitrogen and oxygen atoms in total. The molecular formula is C18H31N5O. The van der Waals surface area contributed by atoms with Crippen molar-refractivity contribution in [2.75, 3.05) is 71.9 Å². The van der Waals surface area contributed by atoms with Crippen molar-refractivity contribution >= 4 is 11.6 Å². The number of hydrogen-bond donors (Lipinski definition) is 1. The number of ether oxygens (including phenoxy) is 1. The lowest BCUT2D eigenvalue weighted by atomic mass is 10.2. The molecule has 0 aliphatic carbocycles. The van der Waals surface area contributed by atoms with Gasteiger partial charge in [-0.15, -0.1) is 0 Å². The Labute approximate surface area is 146 Å². The van der Waals surface area contributed by atoms with Crippen LogP contribution in [0.5, 0.6) is 5.75 Å². The molecule has 1 fully saturated rings. The minimum absolute atomic E-state index is 0.910. The maximum absolute atomic E-state index is 5.33. The lowest BCUT2D eigenvalue weighted by Gasteiger charge is -2.37. The van der Waals surface area contributed by atoms with E-state index in [1.54, 1.807) is 7.11 Å². The van der Waals surface area contributed by atoms with E-state index >= 15 is 0 Å². The SMILES string of the molecule is CCN(C)CCNC(=NC)N1CCN(c2cccc(OC)c2)CC1. The third-order valence-electron chi connectivity index (χ3n) is 4.53. The number of methoxy groups -OCH3 is 1. The second-order valence-electron chi connectivity index (χ2n) is 6.05. The van der Waals surface area contributed by atoms with Crippen molar-refractivity contribution in [1.29, 1.82) is 0 Å². The van der Waals surface area contributed by atoms with E-state index in [9.17, 15) is 0 Å². The first-order chi connectivity index (χ1) is 11.7. The molecule has 0 atom stereocenters. The molecule has 0 bridgehead atoms. The Hall–Kier alpha value is -1.95. The Morgan fingerprint density at radius 2 is 2.04 bits per heavy atom. The summed E-state index contributed by atoms with van der Waals surface area (Å²) in [7, 11) is 5.71. The van der Waals surface area contributed by atoms with E-state index in [0.717, 1.165) is 57.5 Å². The number of likely N-dealkylation sites (N-methyl/N-ethyl adjacent to an activating group) is 1. The summed E-state index contributed by atoms with van der Waals surface area (Å²) in [6, 6.07) is 8.28. The smallest absolute Gasteiger partial charge is 0.193 e. The van der Waals surface area contributed by atoms with Gasteiger partial charge in [-0.3, -0.25) is 4.99 Å². The van der Waals surface area contributed by atoms with Crippen molar-refractivity contribution in [3.8, 4) is 5.75 Å². The third kappa shape index (κ3) is 5.03. The normalized spacial score (nSPS) is 15.8. The van der Waals surface area contributed by atoms with Crippen molar-refractivity contribution in [1.82, 2.24) is 15.1 Å². The van der Waals surface area contributed by atoms with Crippen LogP contribution in [0.3, 0.4) is 0 Å². The number of piperazine rings is 1. The van der Waals surface area contributed by atoms with Gasteiger partial charge in [-0.05, 0) is 25.7 Å². The van der Waals surface area contributed by atoms with Crippen LogP contribution in [0.25, 0.3) is 0 Å². The van der Waals surface area contributed by atoms with Gasteiger partial charge in [0, 0.05) is 58.1 Å². The molecule has 1 heterocycles. The Bertz CT molecular complexity index is 526. The Morgan fingerprint density at radius 3 is 2.67 bits per heavy atom. The van der Waals surface area contributed by atoms with E-state index in [1.807, 2.05) is 19.2 Å². The molecule has 1 N–H and O–H groups in total. The number of rotatable bonds is 6. The molecule has 0 spiro atoms. The van der Waals surface area contributed by atoms with Crippen LogP contribution < -0.4 is 15.0 Å². The highest BCUT2D eigenvalue weighted by Gasteiger charge is 2.20. The van der Waals surface area contributed by atoms with Gasteiger partial charge in [-0.25, -0.2) is 0 Å². The molecule has 24 heavy (non-hydrogen) atoms. The zero-order valence-electron chi connectivity index (χ0n) is 15.5. The fraction of sp³-hybridized carbons (Fsp3) is 0.611. The first kappa shape index (κ1) is 18.4. The highest BCUT2D eigenvalue weighted by Crippen LogP contribution is 2.22. The summed E-state index contributed by atoms with van der Waals surface area (Å²) in [5.74, 6) is 1.91. The van der Waals surface area contributed by atoms with Crippen molar-refractivity contribution in [3.63, 3.8) is 0 Å². The Kier molecular flexibility index (Phi) is 7.18. The first-order valence-electron chi connectivity index (χ1n) is 8.71. The monoisotopic (exact) mass is 333 g/mol. The van der Waals surface area contributed by atoms with Crippen LogP contribution in [-0.2, 0) is 0 Å². The lowest BCUT2D eigenvalue weighted by Crippen LogP contribution is -2.53. The molecule has 0 unspecified atom stereocenters. The predicted octanol–water partition coefficient (Wildman–Crippen LogP) is 1.34. The Morgan fingerprint density at radius 1 is 1.29 bits per heavy atom. The maximum Gasteiger partial charge on any atom is 0.193 e. The fourth-order valence-corrected chi connectivity index (χ4v) is 2.83. The highest BCUT2D eigenvalue weighted by atomic mass is 16.5. The molecular weight excluding hydrogens is 302 g/mol. The van der Waals surface area contributed by atoms with E-state index in [4.69, 9.17) is 4.74 Å². The topological polar surface area (TPSA) is 43.3 Å². The van der Waals surface area contributed by atoms with Crippen molar-refractivity contribution in [3.05, 3.63) is 24.3 Å². The number of nitrogens with zero attached hydrogens (tertiary/aromatic N) is 4. The average molecular weight is 333 g/mol. The Balaban J connectivity index is 1.84. The molecule has 1 aliphatic rings. The summed E-state index contributed by atoms with van der Waals surface area (Å²) in [5, 5.41) is 3.47. The number of nitrogens with one attached hydrogen (secondary N) is 1. The van der Waals surface area contributed by atoms with Gasteiger partial charge in [-0.1, -0.05) is 13.0 Å². The molecule has 0 aromatic heterocycles. The summed E-state index contributed by atoms with van der Waals surface area (Å²) in [5.41, 5.74) is 1.22. The summed E-state index contributed by atoms with van der Waals surface area (Å²) in [4.78, 5) is 11.5. The number of aliphatic imine (C=N–C) groups is 1. The molecule has 1 saturated heterocycles. The standard InChI is InChI=1S/C18H31N5O/c1-5-21(3)10-9-20-18(19-2)23-13-11-22(12-14-23)16-7-6-8-17(15-16)24-4/h6-8,15H,5,9-14H2,1-4H3,(H,19,20). The van der Waals surface area contributed by atoms with Crippen LogP contribution in [-0.4, -0.2) is 82.8 Å². The van der Waals surface area contributed by atoms with E-state index in [-0.39, 0.29) is 0 Å². The molecule has 0 radical (unpaired) electrons. The minimum atomic E-state index is 0.910. The van der Waals surface area contributed by atoms with Crippen molar-refractivity contribution in [2.24, 2.45) is 4.99 Å². The van der Waals surface area contributed by atoms with Gasteiger partial charge >= 0.3 is 0 Å². The molecule has 2 rings (SSSR count). The van der Waals surface area contributed by atoms with Gasteiger partial charge in [0.05, 0.1) is 7.11 Å². The molecule has 0 saturated carbocycles. The van der Waals surface area contributed by atoms with Gasteiger partial charge in [-0.2, -0.15) is 0 Å². The number of anilines is 1. The van der Waals surface area contributed by atoms with E-state index in [0.29, 0.717) is 0 Å². The molecule has 6 heteroatoms.